The number of rotatable bonds is 3. The third-order valence-electron chi connectivity index (χ3n) is 2.64. The van der Waals surface area contributed by atoms with Crippen LogP contribution in [0.4, 0.5) is 18.9 Å². The molecule has 0 fully saturated rings. The molecular formula is C14H9ClF3NO3. The maximum atomic E-state index is 13.5. The van der Waals surface area contributed by atoms with Gasteiger partial charge in [0.1, 0.15) is 11.4 Å². The quantitative estimate of drug-likeness (QED) is 0.846. The number of hydrogen-bond donors (Lipinski definition) is 2. The normalized spacial score (nSPS) is 9.77. The summed E-state index contributed by atoms with van der Waals surface area (Å²) < 4.78 is 39.9. The highest BCUT2D eigenvalue weighted by Gasteiger charge is 2.21. The summed E-state index contributed by atoms with van der Waals surface area (Å²) in [6.45, 7) is 0. The Kier molecular flexibility index (Phi) is 5.53. The Bertz CT molecular complexity index is 737. The summed E-state index contributed by atoms with van der Waals surface area (Å²) in [4.78, 5) is 22.6. The zero-order chi connectivity index (χ0) is 15.6. The molecule has 4 nitrogen and oxygen atoms in total. The van der Waals surface area contributed by atoms with Gasteiger partial charge in [-0.05, 0) is 30.3 Å². The fourth-order valence-corrected chi connectivity index (χ4v) is 1.66. The van der Waals surface area contributed by atoms with Crippen molar-refractivity contribution in [3.05, 3.63) is 65.0 Å². The van der Waals surface area contributed by atoms with Crippen LogP contribution in [-0.4, -0.2) is 17.0 Å². The summed E-state index contributed by atoms with van der Waals surface area (Å²) in [6, 6.07) is 6.25. The molecule has 0 atom stereocenters. The number of anilines is 1. The summed E-state index contributed by atoms with van der Waals surface area (Å²) in [5, 5.41) is 10.9. The first-order chi connectivity index (χ1) is 9.90. The van der Waals surface area contributed by atoms with Crippen molar-refractivity contribution in [3.63, 3.8) is 0 Å². The van der Waals surface area contributed by atoms with Gasteiger partial charge in [0.05, 0.1) is 5.56 Å². The molecule has 0 aromatic heterocycles. The van der Waals surface area contributed by atoms with E-state index in [0.29, 0.717) is 12.1 Å². The Balaban J connectivity index is 0.00000242. The maximum Gasteiger partial charge on any atom is 0.335 e. The molecule has 0 spiro atoms. The summed E-state index contributed by atoms with van der Waals surface area (Å²) in [6.07, 6.45) is 0. The largest absolute Gasteiger partial charge is 0.478 e. The molecule has 116 valence electrons. The van der Waals surface area contributed by atoms with Gasteiger partial charge >= 0.3 is 5.97 Å². The smallest absolute Gasteiger partial charge is 0.335 e. The van der Waals surface area contributed by atoms with Crippen LogP contribution in [0.25, 0.3) is 0 Å². The highest BCUT2D eigenvalue weighted by atomic mass is 35.5. The number of carbonyl (C=O) groups is 2. The van der Waals surface area contributed by atoms with Crippen LogP contribution in [0, 0.1) is 17.5 Å². The lowest BCUT2D eigenvalue weighted by Crippen LogP contribution is -2.17. The predicted octanol–water partition coefficient (Wildman–Crippen LogP) is 3.48. The van der Waals surface area contributed by atoms with Gasteiger partial charge in [-0.1, -0.05) is 6.07 Å². The van der Waals surface area contributed by atoms with Crippen LogP contribution in [0.15, 0.2) is 36.4 Å². The molecule has 0 saturated heterocycles. The van der Waals surface area contributed by atoms with E-state index in [1.807, 2.05) is 0 Å². The number of carbonyl (C=O) groups excluding carboxylic acids is 1. The molecule has 2 aromatic rings. The second-order valence-corrected chi connectivity index (χ2v) is 4.06. The Morgan fingerprint density at radius 1 is 1.00 bits per heavy atom. The molecule has 8 heteroatoms. The van der Waals surface area contributed by atoms with E-state index in [-0.39, 0.29) is 23.7 Å². The fraction of sp³-hybridized carbons (Fsp3) is 0. The molecule has 0 aliphatic rings. The molecule has 2 rings (SSSR count). The molecule has 0 bridgehead atoms. The first kappa shape index (κ1) is 17.5. The van der Waals surface area contributed by atoms with Crippen molar-refractivity contribution < 1.29 is 27.9 Å². The number of hydrogen-bond acceptors (Lipinski definition) is 2. The van der Waals surface area contributed by atoms with E-state index in [1.165, 1.54) is 18.2 Å². The highest BCUT2D eigenvalue weighted by molar-refractivity contribution is 6.05. The van der Waals surface area contributed by atoms with Gasteiger partial charge in [0, 0.05) is 5.69 Å². The van der Waals surface area contributed by atoms with Crippen LogP contribution < -0.4 is 5.32 Å². The first-order valence-corrected chi connectivity index (χ1v) is 5.68. The maximum absolute atomic E-state index is 13.5. The summed E-state index contributed by atoms with van der Waals surface area (Å²) in [7, 11) is 0. The zero-order valence-corrected chi connectivity index (χ0v) is 11.6. The van der Waals surface area contributed by atoms with Gasteiger partial charge < -0.3 is 10.4 Å². The molecule has 0 aliphatic heterocycles. The van der Waals surface area contributed by atoms with Crippen LogP contribution >= 0.6 is 12.4 Å². The van der Waals surface area contributed by atoms with Crippen molar-refractivity contribution in [1.29, 1.82) is 0 Å². The number of halogens is 4. The molecule has 0 radical (unpaired) electrons. The average Bonchev–Trinajstić information content (AvgIpc) is 2.43. The fourth-order valence-electron chi connectivity index (χ4n) is 1.66. The van der Waals surface area contributed by atoms with Gasteiger partial charge in [-0.3, -0.25) is 4.79 Å². The van der Waals surface area contributed by atoms with Crippen LogP contribution in [0.1, 0.15) is 20.7 Å². The third-order valence-corrected chi connectivity index (χ3v) is 2.64. The van der Waals surface area contributed by atoms with Crippen molar-refractivity contribution in [2.75, 3.05) is 5.32 Å². The summed E-state index contributed by atoms with van der Waals surface area (Å²) in [5.74, 6) is -6.63. The topological polar surface area (TPSA) is 66.4 Å². The van der Waals surface area contributed by atoms with Crippen molar-refractivity contribution >= 4 is 30.0 Å². The lowest BCUT2D eigenvalue weighted by atomic mass is 10.1. The average molecular weight is 332 g/mol. The SMILES string of the molecule is Cl.O=C(O)c1cccc(NC(=O)c2c(F)ccc(F)c2F)c1. The van der Waals surface area contributed by atoms with Crippen LogP contribution in [0.5, 0.6) is 0 Å². The van der Waals surface area contributed by atoms with Gasteiger partial charge in [0.2, 0.25) is 0 Å². The first-order valence-electron chi connectivity index (χ1n) is 5.68. The number of nitrogens with one attached hydrogen (secondary N) is 1. The molecule has 1 amide bonds. The molecular weight excluding hydrogens is 323 g/mol. The highest BCUT2D eigenvalue weighted by Crippen LogP contribution is 2.18. The molecule has 0 aliphatic carbocycles. The van der Waals surface area contributed by atoms with Gasteiger partial charge in [0.15, 0.2) is 11.6 Å². The van der Waals surface area contributed by atoms with E-state index in [2.05, 4.69) is 5.32 Å². The molecule has 22 heavy (non-hydrogen) atoms. The Hall–Kier alpha value is -2.54. The minimum Gasteiger partial charge on any atom is -0.478 e. The van der Waals surface area contributed by atoms with Crippen molar-refractivity contribution in [2.24, 2.45) is 0 Å². The second-order valence-electron chi connectivity index (χ2n) is 4.06. The van der Waals surface area contributed by atoms with Crippen molar-refractivity contribution in [1.82, 2.24) is 0 Å². The molecule has 0 heterocycles. The number of carboxylic acids is 1. The van der Waals surface area contributed by atoms with Crippen molar-refractivity contribution in [3.8, 4) is 0 Å². The third kappa shape index (κ3) is 3.56. The number of carboxylic acid groups (broad SMARTS) is 1. The van der Waals surface area contributed by atoms with Gasteiger partial charge in [-0.25, -0.2) is 18.0 Å². The van der Waals surface area contributed by atoms with Gasteiger partial charge in [-0.15, -0.1) is 12.4 Å². The monoisotopic (exact) mass is 331 g/mol. The van der Waals surface area contributed by atoms with Crippen molar-refractivity contribution in [2.45, 2.75) is 0 Å². The number of amides is 1. The molecule has 2 N–H and O–H groups in total. The van der Waals surface area contributed by atoms with Crippen LogP contribution in [0.2, 0.25) is 0 Å². The van der Waals surface area contributed by atoms with Crippen LogP contribution in [-0.2, 0) is 0 Å². The van der Waals surface area contributed by atoms with E-state index in [9.17, 15) is 22.8 Å². The minimum atomic E-state index is -1.61. The molecule has 2 aromatic carbocycles. The summed E-state index contributed by atoms with van der Waals surface area (Å²) >= 11 is 0. The Labute approximate surface area is 129 Å². The molecule has 0 saturated carbocycles. The van der Waals surface area contributed by atoms with Crippen LogP contribution in [0.3, 0.4) is 0 Å². The summed E-state index contributed by atoms with van der Waals surface area (Å²) in [5.41, 5.74) is -1.17. The number of benzene rings is 2. The van der Waals surface area contributed by atoms with E-state index >= 15 is 0 Å². The Morgan fingerprint density at radius 2 is 1.64 bits per heavy atom. The predicted molar refractivity (Wildman–Crippen MR) is 74.9 cm³/mol. The Morgan fingerprint density at radius 3 is 2.27 bits per heavy atom. The van der Waals surface area contributed by atoms with E-state index < -0.39 is 34.9 Å². The standard InChI is InChI=1S/C14H8F3NO3.ClH/c15-9-4-5-10(16)12(17)11(9)13(19)18-8-3-1-2-7(6-8)14(20)21;/h1-6H,(H,18,19)(H,20,21);1H. The minimum absolute atomic E-state index is 0. The lowest BCUT2D eigenvalue weighted by Gasteiger charge is -2.08. The van der Waals surface area contributed by atoms with E-state index in [4.69, 9.17) is 5.11 Å². The van der Waals surface area contributed by atoms with E-state index in [0.717, 1.165) is 6.07 Å². The lowest BCUT2D eigenvalue weighted by molar-refractivity contribution is 0.0696. The number of aromatic carboxylic acids is 1. The van der Waals surface area contributed by atoms with E-state index in [1.54, 1.807) is 0 Å². The van der Waals surface area contributed by atoms with Gasteiger partial charge in [0.25, 0.3) is 5.91 Å². The molecule has 0 unspecified atom stereocenters. The zero-order valence-electron chi connectivity index (χ0n) is 10.8. The second kappa shape index (κ2) is 6.95. The van der Waals surface area contributed by atoms with Gasteiger partial charge in [-0.2, -0.15) is 0 Å².